The Kier molecular flexibility index (Phi) is 7.18. The standard InChI is InChI=1S/C21H30F3NO2/c1-5-6-16-11-18(27-8-7-14(2)3)12-19(21(22,23)24)20(16)25(13-26)17-9-15(4)10-17/h11-15,17H,5-10H2,1-4H3. The van der Waals surface area contributed by atoms with Crippen molar-refractivity contribution in [2.45, 2.75) is 72.0 Å². The predicted octanol–water partition coefficient (Wildman–Crippen LogP) is 5.84. The van der Waals surface area contributed by atoms with Gasteiger partial charge in [0.15, 0.2) is 0 Å². The highest BCUT2D eigenvalue weighted by Crippen LogP contribution is 2.44. The highest BCUT2D eigenvalue weighted by molar-refractivity contribution is 5.81. The number of carbonyl (C=O) groups excluding carboxylic acids is 1. The van der Waals surface area contributed by atoms with E-state index in [1.54, 1.807) is 6.07 Å². The maximum Gasteiger partial charge on any atom is 0.418 e. The minimum atomic E-state index is -4.55. The summed E-state index contributed by atoms with van der Waals surface area (Å²) in [6.07, 6.45) is -0.611. The molecule has 0 aliphatic heterocycles. The Morgan fingerprint density at radius 2 is 1.96 bits per heavy atom. The van der Waals surface area contributed by atoms with Crippen LogP contribution in [0.1, 0.15) is 64.5 Å². The molecule has 0 saturated heterocycles. The van der Waals surface area contributed by atoms with Gasteiger partial charge in [0.05, 0.1) is 17.9 Å². The number of carbonyl (C=O) groups is 1. The third-order valence-electron chi connectivity index (χ3n) is 5.07. The van der Waals surface area contributed by atoms with Crippen LogP contribution >= 0.6 is 0 Å². The van der Waals surface area contributed by atoms with Crippen LogP contribution in [0.2, 0.25) is 0 Å². The number of amides is 1. The van der Waals surface area contributed by atoms with Gasteiger partial charge in [0.1, 0.15) is 5.75 Å². The summed E-state index contributed by atoms with van der Waals surface area (Å²) in [5.41, 5.74) is -0.245. The first-order valence-corrected chi connectivity index (χ1v) is 9.77. The molecule has 6 heteroatoms. The molecule has 0 radical (unpaired) electrons. The third kappa shape index (κ3) is 5.39. The Labute approximate surface area is 159 Å². The first-order valence-electron chi connectivity index (χ1n) is 9.77. The molecule has 1 amide bonds. The molecule has 0 unspecified atom stereocenters. The van der Waals surface area contributed by atoms with Crippen molar-refractivity contribution in [1.29, 1.82) is 0 Å². The molecule has 27 heavy (non-hydrogen) atoms. The lowest BCUT2D eigenvalue weighted by molar-refractivity contribution is -0.137. The van der Waals surface area contributed by atoms with Crippen molar-refractivity contribution < 1.29 is 22.7 Å². The van der Waals surface area contributed by atoms with Gasteiger partial charge in [-0.3, -0.25) is 4.79 Å². The number of halogens is 3. The molecule has 1 fully saturated rings. The summed E-state index contributed by atoms with van der Waals surface area (Å²) in [6, 6.07) is 2.56. The van der Waals surface area contributed by atoms with Gasteiger partial charge in [0, 0.05) is 6.04 Å². The zero-order chi connectivity index (χ0) is 20.2. The van der Waals surface area contributed by atoms with Crippen LogP contribution in [0.25, 0.3) is 0 Å². The maximum absolute atomic E-state index is 13.9. The van der Waals surface area contributed by atoms with E-state index in [1.807, 2.05) is 27.7 Å². The van der Waals surface area contributed by atoms with Crippen molar-refractivity contribution in [3.8, 4) is 5.75 Å². The normalized spacial score (nSPS) is 19.7. The SMILES string of the molecule is CCCc1cc(OCCC(C)C)cc(C(F)(F)F)c1N(C=O)C1CC(C)C1. The van der Waals surface area contributed by atoms with Gasteiger partial charge in [-0.25, -0.2) is 0 Å². The third-order valence-corrected chi connectivity index (χ3v) is 5.07. The number of ether oxygens (including phenoxy) is 1. The second-order valence-corrected chi connectivity index (χ2v) is 8.00. The van der Waals surface area contributed by atoms with Gasteiger partial charge in [-0.2, -0.15) is 13.2 Å². The molecule has 1 aromatic carbocycles. The molecule has 0 atom stereocenters. The van der Waals surface area contributed by atoms with E-state index < -0.39 is 11.7 Å². The first kappa shape index (κ1) is 21.6. The lowest BCUT2D eigenvalue weighted by atomic mass is 9.80. The molecule has 0 N–H and O–H groups in total. The van der Waals surface area contributed by atoms with Crippen LogP contribution in [0, 0.1) is 11.8 Å². The fourth-order valence-electron chi connectivity index (χ4n) is 3.55. The molecule has 1 aliphatic rings. The smallest absolute Gasteiger partial charge is 0.418 e. The minimum absolute atomic E-state index is 0.00691. The molecule has 2 rings (SSSR count). The van der Waals surface area contributed by atoms with Crippen molar-refractivity contribution in [3.05, 3.63) is 23.3 Å². The highest BCUT2D eigenvalue weighted by Gasteiger charge is 2.40. The van der Waals surface area contributed by atoms with Crippen LogP contribution in [0.4, 0.5) is 18.9 Å². The number of anilines is 1. The summed E-state index contributed by atoms with van der Waals surface area (Å²) >= 11 is 0. The van der Waals surface area contributed by atoms with E-state index in [9.17, 15) is 18.0 Å². The Bertz CT molecular complexity index is 637. The first-order chi connectivity index (χ1) is 12.7. The van der Waals surface area contributed by atoms with E-state index in [1.165, 1.54) is 4.90 Å². The fourth-order valence-corrected chi connectivity index (χ4v) is 3.55. The van der Waals surface area contributed by atoms with Crippen molar-refractivity contribution in [1.82, 2.24) is 0 Å². The lowest BCUT2D eigenvalue weighted by Crippen LogP contribution is -2.44. The van der Waals surface area contributed by atoms with Crippen molar-refractivity contribution in [3.63, 3.8) is 0 Å². The number of alkyl halides is 3. The zero-order valence-corrected chi connectivity index (χ0v) is 16.6. The molecule has 0 spiro atoms. The number of hydrogen-bond donors (Lipinski definition) is 0. The zero-order valence-electron chi connectivity index (χ0n) is 16.6. The molecule has 152 valence electrons. The van der Waals surface area contributed by atoms with Crippen LogP contribution in [0.15, 0.2) is 12.1 Å². The van der Waals surface area contributed by atoms with E-state index in [4.69, 9.17) is 4.74 Å². The van der Waals surface area contributed by atoms with Gasteiger partial charge in [-0.1, -0.05) is 34.1 Å². The van der Waals surface area contributed by atoms with Crippen LogP contribution in [-0.2, 0) is 17.4 Å². The van der Waals surface area contributed by atoms with E-state index in [-0.39, 0.29) is 17.5 Å². The predicted molar refractivity (Wildman–Crippen MR) is 101 cm³/mol. The lowest BCUT2D eigenvalue weighted by Gasteiger charge is -2.41. The molecule has 1 aromatic rings. The monoisotopic (exact) mass is 385 g/mol. The Hall–Kier alpha value is -1.72. The number of hydrogen-bond acceptors (Lipinski definition) is 2. The largest absolute Gasteiger partial charge is 0.494 e. The minimum Gasteiger partial charge on any atom is -0.494 e. The number of benzene rings is 1. The van der Waals surface area contributed by atoms with Gasteiger partial charge < -0.3 is 9.64 Å². The molecular weight excluding hydrogens is 355 g/mol. The molecule has 0 bridgehead atoms. The van der Waals surface area contributed by atoms with Gasteiger partial charge in [-0.15, -0.1) is 0 Å². The summed E-state index contributed by atoms with van der Waals surface area (Å²) in [6.45, 7) is 8.41. The second kappa shape index (κ2) is 8.98. The average Bonchev–Trinajstić information content (AvgIpc) is 2.54. The van der Waals surface area contributed by atoms with E-state index in [0.29, 0.717) is 43.3 Å². The van der Waals surface area contributed by atoms with Crippen molar-refractivity contribution in [2.24, 2.45) is 11.8 Å². The van der Waals surface area contributed by atoms with Crippen LogP contribution < -0.4 is 9.64 Å². The van der Waals surface area contributed by atoms with Crippen LogP contribution in [0.5, 0.6) is 5.75 Å². The van der Waals surface area contributed by atoms with Crippen LogP contribution in [0.3, 0.4) is 0 Å². The Morgan fingerprint density at radius 3 is 2.44 bits per heavy atom. The van der Waals surface area contributed by atoms with Gasteiger partial charge in [0.25, 0.3) is 0 Å². The maximum atomic E-state index is 13.9. The van der Waals surface area contributed by atoms with E-state index in [0.717, 1.165) is 25.3 Å². The molecule has 0 aromatic heterocycles. The van der Waals surface area contributed by atoms with Gasteiger partial charge >= 0.3 is 6.18 Å². The molecule has 1 saturated carbocycles. The van der Waals surface area contributed by atoms with Gasteiger partial charge in [0.2, 0.25) is 6.41 Å². The second-order valence-electron chi connectivity index (χ2n) is 8.00. The molecule has 1 aliphatic carbocycles. The Balaban J connectivity index is 2.46. The summed E-state index contributed by atoms with van der Waals surface area (Å²) in [7, 11) is 0. The van der Waals surface area contributed by atoms with E-state index in [2.05, 4.69) is 0 Å². The highest BCUT2D eigenvalue weighted by atomic mass is 19.4. The van der Waals surface area contributed by atoms with Gasteiger partial charge in [-0.05, 0) is 55.2 Å². The summed E-state index contributed by atoms with van der Waals surface area (Å²) in [5, 5.41) is 0. The topological polar surface area (TPSA) is 29.5 Å². The number of nitrogens with zero attached hydrogens (tertiary/aromatic N) is 1. The average molecular weight is 385 g/mol. The van der Waals surface area contributed by atoms with Crippen molar-refractivity contribution >= 4 is 12.1 Å². The van der Waals surface area contributed by atoms with Crippen molar-refractivity contribution in [2.75, 3.05) is 11.5 Å². The van der Waals surface area contributed by atoms with Crippen LogP contribution in [-0.4, -0.2) is 19.1 Å². The molecule has 0 heterocycles. The molecular formula is C21H30F3NO2. The Morgan fingerprint density at radius 1 is 1.30 bits per heavy atom. The van der Waals surface area contributed by atoms with E-state index >= 15 is 0 Å². The summed E-state index contributed by atoms with van der Waals surface area (Å²) in [4.78, 5) is 13.0. The summed E-state index contributed by atoms with van der Waals surface area (Å²) < 4.78 is 47.2. The molecule has 3 nitrogen and oxygen atoms in total. The number of rotatable bonds is 9. The quantitative estimate of drug-likeness (QED) is 0.500. The number of aryl methyl sites for hydroxylation is 1. The fraction of sp³-hybridized carbons (Fsp3) is 0.667. The summed E-state index contributed by atoms with van der Waals surface area (Å²) in [5.74, 6) is 1.07.